The van der Waals surface area contributed by atoms with E-state index in [0.717, 1.165) is 6.07 Å². The molecule has 0 aliphatic rings. The van der Waals surface area contributed by atoms with E-state index in [-0.39, 0.29) is 15.9 Å². The van der Waals surface area contributed by atoms with Crippen LogP contribution in [-0.2, 0) is 0 Å². The van der Waals surface area contributed by atoms with Gasteiger partial charge < -0.3 is 10.3 Å². The lowest BCUT2D eigenvalue weighted by Gasteiger charge is -2.03. The summed E-state index contributed by atoms with van der Waals surface area (Å²) in [6.45, 7) is 0. The van der Waals surface area contributed by atoms with Crippen LogP contribution in [0.1, 0.15) is 0 Å². The average Bonchev–Trinajstić information content (AvgIpc) is 2.62. The monoisotopic (exact) mass is 274 g/mol. The number of halogens is 3. The van der Waals surface area contributed by atoms with Gasteiger partial charge in [-0.05, 0) is 28.1 Å². The van der Waals surface area contributed by atoms with E-state index in [9.17, 15) is 8.78 Å². The molecule has 0 saturated heterocycles. The molecule has 0 unspecified atom stereocenters. The van der Waals surface area contributed by atoms with Crippen molar-refractivity contribution in [3.63, 3.8) is 0 Å². The predicted molar refractivity (Wildman–Crippen MR) is 54.0 cm³/mol. The van der Waals surface area contributed by atoms with Gasteiger partial charge in [0.2, 0.25) is 5.88 Å². The van der Waals surface area contributed by atoms with E-state index in [4.69, 9.17) is 5.73 Å². The molecule has 0 atom stereocenters. The summed E-state index contributed by atoms with van der Waals surface area (Å²) in [5.41, 5.74) is 5.86. The van der Waals surface area contributed by atoms with Gasteiger partial charge in [-0.1, -0.05) is 5.16 Å². The molecule has 0 aliphatic carbocycles. The Morgan fingerprint density at radius 3 is 2.60 bits per heavy atom. The number of anilines is 1. The second-order valence-corrected chi connectivity index (χ2v) is 3.62. The number of hydrogen-bond donors (Lipinski definition) is 1. The molecule has 6 heteroatoms. The van der Waals surface area contributed by atoms with Crippen LogP contribution >= 0.6 is 15.9 Å². The molecular weight excluding hydrogens is 270 g/mol. The van der Waals surface area contributed by atoms with Gasteiger partial charge in [-0.2, -0.15) is 0 Å². The van der Waals surface area contributed by atoms with Gasteiger partial charge in [0.1, 0.15) is 11.6 Å². The largest absolute Gasteiger partial charge is 0.367 e. The van der Waals surface area contributed by atoms with Crippen LogP contribution in [0.5, 0.6) is 0 Å². The molecule has 2 N–H and O–H groups in total. The minimum absolute atomic E-state index is 0.00703. The average molecular weight is 275 g/mol. The molecule has 0 amide bonds. The first kappa shape index (κ1) is 10.1. The fourth-order valence-electron chi connectivity index (χ4n) is 1.18. The fourth-order valence-corrected chi connectivity index (χ4v) is 1.53. The number of rotatable bonds is 1. The number of benzene rings is 1. The highest BCUT2D eigenvalue weighted by molar-refractivity contribution is 9.10. The van der Waals surface area contributed by atoms with E-state index in [1.807, 2.05) is 0 Å². The van der Waals surface area contributed by atoms with Crippen LogP contribution in [0.4, 0.5) is 14.7 Å². The van der Waals surface area contributed by atoms with Crippen molar-refractivity contribution in [2.75, 3.05) is 5.73 Å². The molecule has 0 spiro atoms. The zero-order valence-electron chi connectivity index (χ0n) is 7.30. The van der Waals surface area contributed by atoms with Crippen molar-refractivity contribution in [1.29, 1.82) is 0 Å². The summed E-state index contributed by atoms with van der Waals surface area (Å²) in [6, 6.07) is 2.41. The van der Waals surface area contributed by atoms with Crippen LogP contribution in [0.3, 0.4) is 0 Å². The molecule has 0 radical (unpaired) electrons. The number of nitrogens with zero attached hydrogens (tertiary/aromatic N) is 1. The van der Waals surface area contributed by atoms with Crippen molar-refractivity contribution in [2.45, 2.75) is 0 Å². The highest BCUT2D eigenvalue weighted by Crippen LogP contribution is 2.32. The van der Waals surface area contributed by atoms with E-state index in [2.05, 4.69) is 25.6 Å². The third-order valence-corrected chi connectivity index (χ3v) is 2.65. The first-order valence-electron chi connectivity index (χ1n) is 3.95. The normalized spacial score (nSPS) is 10.6. The van der Waals surface area contributed by atoms with Gasteiger partial charge in [-0.25, -0.2) is 8.78 Å². The molecule has 1 aromatic carbocycles. The third kappa shape index (κ3) is 1.61. The van der Waals surface area contributed by atoms with E-state index >= 15 is 0 Å². The number of nitrogens with two attached hydrogens (primary N) is 1. The topological polar surface area (TPSA) is 52.0 Å². The predicted octanol–water partition coefficient (Wildman–Crippen LogP) is 2.96. The first-order valence-corrected chi connectivity index (χ1v) is 4.74. The molecule has 0 saturated carbocycles. The molecule has 1 aromatic heterocycles. The number of nitrogen functional groups attached to an aromatic ring is 1. The lowest BCUT2D eigenvalue weighted by Crippen LogP contribution is -1.91. The molecule has 0 fully saturated rings. The Morgan fingerprint density at radius 1 is 1.27 bits per heavy atom. The minimum Gasteiger partial charge on any atom is -0.367 e. The molecule has 1 heterocycles. The van der Waals surface area contributed by atoms with Gasteiger partial charge in [-0.15, -0.1) is 0 Å². The summed E-state index contributed by atoms with van der Waals surface area (Å²) >= 11 is 2.80. The Labute approximate surface area is 92.0 Å². The fraction of sp³-hybridized carbons (Fsp3) is 0. The van der Waals surface area contributed by atoms with E-state index in [0.29, 0.717) is 5.56 Å². The van der Waals surface area contributed by atoms with Gasteiger partial charge in [0.15, 0.2) is 0 Å². The summed E-state index contributed by atoms with van der Waals surface area (Å²) < 4.78 is 30.9. The lowest BCUT2D eigenvalue weighted by atomic mass is 10.1. The summed E-state index contributed by atoms with van der Waals surface area (Å²) in [5, 5.41) is 3.42. The van der Waals surface area contributed by atoms with Crippen molar-refractivity contribution in [1.82, 2.24) is 5.16 Å². The van der Waals surface area contributed by atoms with E-state index in [1.54, 1.807) is 0 Å². The summed E-state index contributed by atoms with van der Waals surface area (Å²) in [7, 11) is 0. The Balaban J connectivity index is 2.65. The van der Waals surface area contributed by atoms with E-state index < -0.39 is 11.6 Å². The minimum atomic E-state index is -0.732. The van der Waals surface area contributed by atoms with Crippen LogP contribution in [0.2, 0.25) is 0 Å². The van der Waals surface area contributed by atoms with E-state index in [1.165, 1.54) is 12.3 Å². The zero-order chi connectivity index (χ0) is 11.0. The van der Waals surface area contributed by atoms with Crippen molar-refractivity contribution >= 4 is 21.8 Å². The number of hydrogen-bond acceptors (Lipinski definition) is 3. The Kier molecular flexibility index (Phi) is 2.44. The Morgan fingerprint density at radius 2 is 2.00 bits per heavy atom. The molecule has 2 rings (SSSR count). The summed E-state index contributed by atoms with van der Waals surface area (Å²) in [5.74, 6) is -1.41. The standard InChI is InChI=1S/C9H5BrF2N2O/c10-7-6(11)2-1-4(8(7)12)5-3-14-15-9(5)13/h1-3H,13H2. The van der Waals surface area contributed by atoms with Gasteiger partial charge in [0.05, 0.1) is 16.2 Å². The van der Waals surface area contributed by atoms with Crippen LogP contribution in [0, 0.1) is 11.6 Å². The second-order valence-electron chi connectivity index (χ2n) is 2.83. The molecule has 3 nitrogen and oxygen atoms in total. The first-order chi connectivity index (χ1) is 7.11. The second kappa shape index (κ2) is 3.62. The van der Waals surface area contributed by atoms with Crippen molar-refractivity contribution in [2.24, 2.45) is 0 Å². The maximum Gasteiger partial charge on any atom is 0.230 e. The van der Waals surface area contributed by atoms with Crippen LogP contribution in [-0.4, -0.2) is 5.16 Å². The quantitative estimate of drug-likeness (QED) is 0.814. The SMILES string of the molecule is Nc1oncc1-c1ccc(F)c(Br)c1F. The van der Waals surface area contributed by atoms with Crippen LogP contribution in [0.15, 0.2) is 27.3 Å². The molecule has 78 valence electrons. The Bertz CT molecular complexity index is 513. The molecular formula is C9H5BrF2N2O. The van der Waals surface area contributed by atoms with Crippen LogP contribution < -0.4 is 5.73 Å². The summed E-state index contributed by atoms with van der Waals surface area (Å²) in [6.07, 6.45) is 1.28. The Hall–Kier alpha value is -1.43. The van der Waals surface area contributed by atoms with Crippen molar-refractivity contribution in [3.05, 3.63) is 34.4 Å². The maximum absolute atomic E-state index is 13.6. The number of aromatic nitrogens is 1. The van der Waals surface area contributed by atoms with Gasteiger partial charge in [0.25, 0.3) is 0 Å². The van der Waals surface area contributed by atoms with Gasteiger partial charge in [-0.3, -0.25) is 0 Å². The molecule has 2 aromatic rings. The maximum atomic E-state index is 13.6. The van der Waals surface area contributed by atoms with Gasteiger partial charge in [0, 0.05) is 5.56 Å². The van der Waals surface area contributed by atoms with Crippen molar-refractivity contribution < 1.29 is 13.3 Å². The van der Waals surface area contributed by atoms with Crippen LogP contribution in [0.25, 0.3) is 11.1 Å². The molecule has 0 bridgehead atoms. The summed E-state index contributed by atoms with van der Waals surface area (Å²) in [4.78, 5) is 0. The third-order valence-electron chi connectivity index (χ3n) is 1.92. The smallest absolute Gasteiger partial charge is 0.230 e. The highest BCUT2D eigenvalue weighted by atomic mass is 79.9. The van der Waals surface area contributed by atoms with Gasteiger partial charge >= 0.3 is 0 Å². The zero-order valence-corrected chi connectivity index (χ0v) is 8.88. The molecule has 15 heavy (non-hydrogen) atoms. The van der Waals surface area contributed by atoms with Crippen molar-refractivity contribution in [3.8, 4) is 11.1 Å². The molecule has 0 aliphatic heterocycles. The lowest BCUT2D eigenvalue weighted by molar-refractivity contribution is 0.436. The highest BCUT2D eigenvalue weighted by Gasteiger charge is 2.16.